The molecular weight excluding hydrogens is 166 g/mol. The molecule has 0 spiro atoms. The number of rotatable bonds is 3. The maximum atomic E-state index is 11.3. The largest absolute Gasteiger partial charge is 0.370 e. The Bertz CT molecular complexity index is 299. The zero-order valence-corrected chi connectivity index (χ0v) is 7.79. The molecule has 0 bridgehead atoms. The molecule has 0 saturated heterocycles. The van der Waals surface area contributed by atoms with Crippen molar-refractivity contribution in [3.63, 3.8) is 0 Å². The molecule has 13 heavy (non-hydrogen) atoms. The third kappa shape index (κ3) is 2.18. The summed E-state index contributed by atoms with van der Waals surface area (Å²) in [6, 6.07) is 3.48. The normalized spacial score (nSPS) is 9.38. The molecule has 0 unspecified atom stereocenters. The molecule has 70 valence electrons. The Morgan fingerprint density at radius 2 is 2.38 bits per heavy atom. The highest BCUT2D eigenvalue weighted by atomic mass is 16.1. The molecule has 1 rings (SSSR count). The van der Waals surface area contributed by atoms with Crippen LogP contribution >= 0.6 is 0 Å². The summed E-state index contributed by atoms with van der Waals surface area (Å²) >= 11 is 0. The Hall–Kier alpha value is -1.58. The van der Waals surface area contributed by atoms with Gasteiger partial charge in [0.25, 0.3) is 5.91 Å². The highest BCUT2D eigenvalue weighted by molar-refractivity contribution is 5.98. The summed E-state index contributed by atoms with van der Waals surface area (Å²) in [6.45, 7) is 2.71. The molecule has 0 fully saturated rings. The zero-order valence-electron chi connectivity index (χ0n) is 7.79. The number of hydrogen-bond donors (Lipinski definition) is 2. The van der Waals surface area contributed by atoms with Gasteiger partial charge < -0.3 is 10.6 Å². The number of aromatic nitrogens is 1. The summed E-state index contributed by atoms with van der Waals surface area (Å²) in [6.07, 6.45) is 1.66. The molecular formula is C9H13N3O. The van der Waals surface area contributed by atoms with Crippen LogP contribution in [0.3, 0.4) is 0 Å². The summed E-state index contributed by atoms with van der Waals surface area (Å²) in [7, 11) is 1.60. The van der Waals surface area contributed by atoms with E-state index in [0.29, 0.717) is 11.4 Å². The molecule has 0 radical (unpaired) electrons. The Kier molecular flexibility index (Phi) is 3.25. The first-order valence-electron chi connectivity index (χ1n) is 4.20. The van der Waals surface area contributed by atoms with E-state index >= 15 is 0 Å². The van der Waals surface area contributed by atoms with Crippen LogP contribution in [0.2, 0.25) is 0 Å². The molecule has 4 heteroatoms. The van der Waals surface area contributed by atoms with Crippen LogP contribution in [0.25, 0.3) is 0 Å². The first-order chi connectivity index (χ1) is 6.29. The lowest BCUT2D eigenvalue weighted by atomic mass is 10.2. The fourth-order valence-electron chi connectivity index (χ4n) is 1.03. The third-order valence-corrected chi connectivity index (χ3v) is 1.62. The van der Waals surface area contributed by atoms with Gasteiger partial charge in [-0.3, -0.25) is 4.79 Å². The Morgan fingerprint density at radius 3 is 3.00 bits per heavy atom. The lowest BCUT2D eigenvalue weighted by molar-refractivity contribution is 0.0963. The number of nitrogens with one attached hydrogen (secondary N) is 2. The summed E-state index contributed by atoms with van der Waals surface area (Å²) in [5.74, 6) is 0.508. The van der Waals surface area contributed by atoms with Crippen molar-refractivity contribution in [3.05, 3.63) is 23.9 Å². The lowest BCUT2D eigenvalue weighted by Gasteiger charge is -2.07. The molecule has 4 nitrogen and oxygen atoms in total. The van der Waals surface area contributed by atoms with Crippen molar-refractivity contribution >= 4 is 11.7 Å². The second-order valence-electron chi connectivity index (χ2n) is 2.51. The molecule has 1 aromatic rings. The van der Waals surface area contributed by atoms with E-state index < -0.39 is 0 Å². The van der Waals surface area contributed by atoms with Crippen LogP contribution in [0.5, 0.6) is 0 Å². The van der Waals surface area contributed by atoms with Gasteiger partial charge in [-0.1, -0.05) is 0 Å². The number of hydrogen-bond acceptors (Lipinski definition) is 3. The second kappa shape index (κ2) is 4.45. The quantitative estimate of drug-likeness (QED) is 0.724. The number of nitrogens with zero attached hydrogens (tertiary/aromatic N) is 1. The first-order valence-corrected chi connectivity index (χ1v) is 4.20. The van der Waals surface area contributed by atoms with Crippen molar-refractivity contribution in [2.45, 2.75) is 6.92 Å². The van der Waals surface area contributed by atoms with E-state index in [4.69, 9.17) is 0 Å². The van der Waals surface area contributed by atoms with Crippen molar-refractivity contribution in [1.29, 1.82) is 0 Å². The first kappa shape index (κ1) is 9.51. The van der Waals surface area contributed by atoms with Gasteiger partial charge >= 0.3 is 0 Å². The number of pyridine rings is 1. The van der Waals surface area contributed by atoms with E-state index in [2.05, 4.69) is 15.6 Å². The smallest absolute Gasteiger partial charge is 0.254 e. The highest BCUT2D eigenvalue weighted by Gasteiger charge is 2.08. The van der Waals surface area contributed by atoms with Gasteiger partial charge in [-0.05, 0) is 19.1 Å². The molecule has 0 atom stereocenters. The van der Waals surface area contributed by atoms with Crippen LogP contribution in [-0.4, -0.2) is 24.5 Å². The maximum absolute atomic E-state index is 11.3. The lowest BCUT2D eigenvalue weighted by Crippen LogP contribution is -2.20. The number of amides is 1. The topological polar surface area (TPSA) is 54.0 Å². The fourth-order valence-corrected chi connectivity index (χ4v) is 1.03. The summed E-state index contributed by atoms with van der Waals surface area (Å²) in [5, 5.41) is 5.58. The van der Waals surface area contributed by atoms with E-state index in [1.165, 1.54) is 0 Å². The van der Waals surface area contributed by atoms with E-state index in [1.807, 2.05) is 6.92 Å². The van der Waals surface area contributed by atoms with Crippen LogP contribution in [0.4, 0.5) is 5.82 Å². The predicted octanol–water partition coefficient (Wildman–Crippen LogP) is 0.873. The SMILES string of the molecule is CCNc1ncccc1C(=O)NC. The average Bonchev–Trinajstić information content (AvgIpc) is 2.18. The van der Waals surface area contributed by atoms with E-state index in [9.17, 15) is 4.79 Å². The summed E-state index contributed by atoms with van der Waals surface area (Å²) in [5.41, 5.74) is 0.576. The van der Waals surface area contributed by atoms with Crippen LogP contribution in [0.1, 0.15) is 17.3 Å². The van der Waals surface area contributed by atoms with Gasteiger partial charge in [0.2, 0.25) is 0 Å². The molecule has 0 aliphatic heterocycles. The van der Waals surface area contributed by atoms with Gasteiger partial charge in [-0.15, -0.1) is 0 Å². The summed E-state index contributed by atoms with van der Waals surface area (Å²) < 4.78 is 0. The Labute approximate surface area is 77.4 Å². The molecule has 1 amide bonds. The van der Waals surface area contributed by atoms with Gasteiger partial charge in [0.15, 0.2) is 0 Å². The van der Waals surface area contributed by atoms with Gasteiger partial charge in [0, 0.05) is 19.8 Å². The molecule has 0 saturated carbocycles. The molecule has 2 N–H and O–H groups in total. The molecule has 1 heterocycles. The van der Waals surface area contributed by atoms with Crippen molar-refractivity contribution < 1.29 is 4.79 Å². The van der Waals surface area contributed by atoms with Crippen molar-refractivity contribution in [2.75, 3.05) is 18.9 Å². The number of anilines is 1. The van der Waals surface area contributed by atoms with E-state index in [1.54, 1.807) is 25.4 Å². The average molecular weight is 179 g/mol. The van der Waals surface area contributed by atoms with E-state index in [0.717, 1.165) is 6.54 Å². The van der Waals surface area contributed by atoms with Crippen molar-refractivity contribution in [2.24, 2.45) is 0 Å². The maximum Gasteiger partial charge on any atom is 0.254 e. The monoisotopic (exact) mass is 179 g/mol. The van der Waals surface area contributed by atoms with Crippen LogP contribution in [0, 0.1) is 0 Å². The van der Waals surface area contributed by atoms with Gasteiger partial charge in [0.05, 0.1) is 5.56 Å². The van der Waals surface area contributed by atoms with E-state index in [-0.39, 0.29) is 5.91 Å². The second-order valence-corrected chi connectivity index (χ2v) is 2.51. The van der Waals surface area contributed by atoms with Gasteiger partial charge in [-0.2, -0.15) is 0 Å². The van der Waals surface area contributed by atoms with Crippen molar-refractivity contribution in [3.8, 4) is 0 Å². The Balaban J connectivity index is 2.97. The highest BCUT2D eigenvalue weighted by Crippen LogP contribution is 2.10. The molecule has 0 aliphatic rings. The van der Waals surface area contributed by atoms with Gasteiger partial charge in [-0.25, -0.2) is 4.98 Å². The fraction of sp³-hybridized carbons (Fsp3) is 0.333. The van der Waals surface area contributed by atoms with Crippen LogP contribution in [0.15, 0.2) is 18.3 Å². The molecule has 0 aliphatic carbocycles. The number of carbonyl (C=O) groups is 1. The van der Waals surface area contributed by atoms with Gasteiger partial charge in [0.1, 0.15) is 5.82 Å². The minimum atomic E-state index is -0.121. The molecule has 1 aromatic heterocycles. The van der Waals surface area contributed by atoms with Crippen LogP contribution < -0.4 is 10.6 Å². The van der Waals surface area contributed by atoms with Crippen LogP contribution in [-0.2, 0) is 0 Å². The minimum absolute atomic E-state index is 0.121. The third-order valence-electron chi connectivity index (χ3n) is 1.62. The summed E-state index contributed by atoms with van der Waals surface area (Å²) in [4.78, 5) is 15.4. The molecule has 0 aromatic carbocycles. The number of carbonyl (C=O) groups excluding carboxylic acids is 1. The standard InChI is InChI=1S/C9H13N3O/c1-3-11-8-7(9(13)10-2)5-4-6-12-8/h4-6H,3H2,1-2H3,(H,10,13)(H,11,12). The zero-order chi connectivity index (χ0) is 9.68. The van der Waals surface area contributed by atoms with Crippen molar-refractivity contribution in [1.82, 2.24) is 10.3 Å². The Morgan fingerprint density at radius 1 is 1.62 bits per heavy atom. The predicted molar refractivity (Wildman–Crippen MR) is 51.8 cm³/mol. The minimum Gasteiger partial charge on any atom is -0.370 e.